The van der Waals surface area contributed by atoms with Crippen LogP contribution in [0.25, 0.3) is 0 Å². The minimum atomic E-state index is -0.681. The van der Waals surface area contributed by atoms with E-state index in [0.29, 0.717) is 21.5 Å². The third kappa shape index (κ3) is 5.81. The number of esters is 1. The van der Waals surface area contributed by atoms with Gasteiger partial charge in [0.25, 0.3) is 5.91 Å². The van der Waals surface area contributed by atoms with E-state index in [1.54, 1.807) is 36.4 Å². The van der Waals surface area contributed by atoms with Crippen LogP contribution in [0, 0.1) is 6.92 Å². The van der Waals surface area contributed by atoms with Gasteiger partial charge in [0, 0.05) is 5.02 Å². The van der Waals surface area contributed by atoms with Gasteiger partial charge in [0.15, 0.2) is 13.2 Å². The van der Waals surface area contributed by atoms with Gasteiger partial charge in [-0.3, -0.25) is 4.79 Å². The first-order valence-corrected chi connectivity index (χ1v) is 8.28. The molecule has 132 valence electrons. The van der Waals surface area contributed by atoms with Crippen LogP contribution in [0.1, 0.15) is 5.56 Å². The highest BCUT2D eigenvalue weighted by Gasteiger charge is 2.11. The van der Waals surface area contributed by atoms with Gasteiger partial charge in [-0.05, 0) is 42.8 Å². The quantitative estimate of drug-likeness (QED) is 0.722. The van der Waals surface area contributed by atoms with Crippen molar-refractivity contribution in [2.45, 2.75) is 6.92 Å². The highest BCUT2D eigenvalue weighted by molar-refractivity contribution is 6.44. The Balaban J connectivity index is 1.78. The van der Waals surface area contributed by atoms with Crippen molar-refractivity contribution in [2.24, 2.45) is 0 Å². The van der Waals surface area contributed by atoms with Crippen molar-refractivity contribution in [3.05, 3.63) is 57.0 Å². The third-order valence-corrected chi connectivity index (χ3v) is 4.32. The lowest BCUT2D eigenvalue weighted by Crippen LogP contribution is -2.23. The van der Waals surface area contributed by atoms with Gasteiger partial charge in [-0.25, -0.2) is 4.79 Å². The Kier molecular flexibility index (Phi) is 6.93. The Morgan fingerprint density at radius 1 is 1.04 bits per heavy atom. The van der Waals surface area contributed by atoms with Crippen LogP contribution in [0.15, 0.2) is 36.4 Å². The number of hydrogen-bond acceptors (Lipinski definition) is 4. The average molecular weight is 403 g/mol. The highest BCUT2D eigenvalue weighted by atomic mass is 35.5. The fourth-order valence-corrected chi connectivity index (χ4v) is 2.29. The summed E-state index contributed by atoms with van der Waals surface area (Å²) in [4.78, 5) is 23.4. The highest BCUT2D eigenvalue weighted by Crippen LogP contribution is 2.29. The SMILES string of the molecule is Cc1cc(OCC(=O)OCC(=O)Nc2cccc(Cl)c2Cl)ccc1Cl. The summed E-state index contributed by atoms with van der Waals surface area (Å²) < 4.78 is 10.1. The largest absolute Gasteiger partial charge is 0.482 e. The lowest BCUT2D eigenvalue weighted by molar-refractivity contribution is -0.149. The lowest BCUT2D eigenvalue weighted by atomic mass is 10.2. The number of carbonyl (C=O) groups excluding carboxylic acids is 2. The predicted molar refractivity (Wildman–Crippen MR) is 97.7 cm³/mol. The number of rotatable bonds is 6. The van der Waals surface area contributed by atoms with Crippen LogP contribution in [-0.4, -0.2) is 25.1 Å². The van der Waals surface area contributed by atoms with Crippen molar-refractivity contribution in [1.82, 2.24) is 0 Å². The average Bonchev–Trinajstić information content (AvgIpc) is 2.58. The number of benzene rings is 2. The molecule has 0 aromatic heterocycles. The van der Waals surface area contributed by atoms with Crippen LogP contribution in [0.4, 0.5) is 5.69 Å². The van der Waals surface area contributed by atoms with Crippen molar-refractivity contribution in [3.8, 4) is 5.75 Å². The van der Waals surface area contributed by atoms with Gasteiger partial charge in [0.1, 0.15) is 5.75 Å². The molecule has 0 radical (unpaired) electrons. The Hall–Kier alpha value is -1.95. The van der Waals surface area contributed by atoms with Crippen molar-refractivity contribution >= 4 is 52.4 Å². The zero-order chi connectivity index (χ0) is 18.4. The topological polar surface area (TPSA) is 64.6 Å². The lowest BCUT2D eigenvalue weighted by Gasteiger charge is -2.10. The molecule has 5 nitrogen and oxygen atoms in total. The molecular formula is C17H14Cl3NO4. The van der Waals surface area contributed by atoms with Crippen LogP contribution in [0.3, 0.4) is 0 Å². The van der Waals surface area contributed by atoms with E-state index in [9.17, 15) is 9.59 Å². The predicted octanol–water partition coefficient (Wildman–Crippen LogP) is 4.52. The van der Waals surface area contributed by atoms with Gasteiger partial charge in [0.05, 0.1) is 15.7 Å². The second-order valence-corrected chi connectivity index (χ2v) is 6.20. The molecule has 1 amide bonds. The van der Waals surface area contributed by atoms with Crippen LogP contribution in [0.2, 0.25) is 15.1 Å². The first-order chi connectivity index (χ1) is 11.9. The van der Waals surface area contributed by atoms with Crippen molar-refractivity contribution < 1.29 is 19.1 Å². The van der Waals surface area contributed by atoms with Crippen LogP contribution in [0.5, 0.6) is 5.75 Å². The number of ether oxygens (including phenoxy) is 2. The standard InChI is InChI=1S/C17H14Cl3NO4/c1-10-7-11(5-6-12(10)18)24-9-16(23)25-8-15(22)21-14-4-2-3-13(19)17(14)20/h2-7H,8-9H2,1H3,(H,21,22). The molecule has 0 aliphatic carbocycles. The Bertz CT molecular complexity index is 795. The molecule has 0 aliphatic heterocycles. The van der Waals surface area contributed by atoms with Gasteiger partial charge >= 0.3 is 5.97 Å². The molecular weight excluding hydrogens is 389 g/mol. The fraction of sp³-hybridized carbons (Fsp3) is 0.176. The summed E-state index contributed by atoms with van der Waals surface area (Å²) in [6.07, 6.45) is 0. The number of nitrogens with one attached hydrogen (secondary N) is 1. The van der Waals surface area contributed by atoms with Gasteiger partial charge in [-0.2, -0.15) is 0 Å². The molecule has 0 atom stereocenters. The van der Waals surface area contributed by atoms with E-state index in [-0.39, 0.29) is 11.6 Å². The van der Waals surface area contributed by atoms with Crippen molar-refractivity contribution in [3.63, 3.8) is 0 Å². The molecule has 0 unspecified atom stereocenters. The molecule has 2 rings (SSSR count). The second kappa shape index (κ2) is 8.94. The summed E-state index contributed by atoms with van der Waals surface area (Å²) in [5.41, 5.74) is 1.16. The van der Waals surface area contributed by atoms with Gasteiger partial charge in [-0.15, -0.1) is 0 Å². The smallest absolute Gasteiger partial charge is 0.344 e. The summed E-state index contributed by atoms with van der Waals surface area (Å²) in [5, 5.41) is 3.63. The van der Waals surface area contributed by atoms with E-state index < -0.39 is 18.5 Å². The molecule has 0 saturated heterocycles. The normalized spacial score (nSPS) is 10.2. The zero-order valence-electron chi connectivity index (χ0n) is 13.1. The van der Waals surface area contributed by atoms with E-state index in [1.165, 1.54) is 0 Å². The van der Waals surface area contributed by atoms with E-state index in [1.807, 2.05) is 6.92 Å². The molecule has 1 N–H and O–H groups in total. The minimum Gasteiger partial charge on any atom is -0.482 e. The molecule has 2 aromatic carbocycles. The maximum atomic E-state index is 11.8. The number of amides is 1. The molecule has 2 aromatic rings. The first kappa shape index (κ1) is 19.4. The summed E-state index contributed by atoms with van der Waals surface area (Å²) in [6.45, 7) is 1.02. The van der Waals surface area contributed by atoms with Crippen molar-refractivity contribution in [2.75, 3.05) is 18.5 Å². The summed E-state index contributed by atoms with van der Waals surface area (Å²) in [7, 11) is 0. The molecule has 0 heterocycles. The molecule has 8 heteroatoms. The third-order valence-electron chi connectivity index (χ3n) is 3.08. The van der Waals surface area contributed by atoms with E-state index >= 15 is 0 Å². The summed E-state index contributed by atoms with van der Waals surface area (Å²) in [6, 6.07) is 9.81. The summed E-state index contributed by atoms with van der Waals surface area (Å²) >= 11 is 17.7. The van der Waals surface area contributed by atoms with Gasteiger partial charge in [0.2, 0.25) is 0 Å². The maximum Gasteiger partial charge on any atom is 0.344 e. The van der Waals surface area contributed by atoms with Crippen molar-refractivity contribution in [1.29, 1.82) is 0 Å². The summed E-state index contributed by atoms with van der Waals surface area (Å²) in [5.74, 6) is -0.742. The first-order valence-electron chi connectivity index (χ1n) is 7.15. The number of carbonyl (C=O) groups is 2. The minimum absolute atomic E-state index is 0.213. The number of anilines is 1. The van der Waals surface area contributed by atoms with Gasteiger partial charge in [-0.1, -0.05) is 40.9 Å². The van der Waals surface area contributed by atoms with Crippen LogP contribution in [-0.2, 0) is 14.3 Å². The van der Waals surface area contributed by atoms with E-state index in [0.717, 1.165) is 5.56 Å². The second-order valence-electron chi connectivity index (χ2n) is 5.01. The molecule has 0 bridgehead atoms. The number of hydrogen-bond donors (Lipinski definition) is 1. The van der Waals surface area contributed by atoms with Gasteiger partial charge < -0.3 is 14.8 Å². The molecule has 0 aliphatic rings. The Morgan fingerprint density at radius 3 is 2.52 bits per heavy atom. The number of aryl methyl sites for hydroxylation is 1. The molecule has 0 spiro atoms. The monoisotopic (exact) mass is 401 g/mol. The maximum absolute atomic E-state index is 11.8. The zero-order valence-corrected chi connectivity index (χ0v) is 15.4. The Labute approximate surface area is 159 Å². The fourth-order valence-electron chi connectivity index (χ4n) is 1.82. The number of halogens is 3. The Morgan fingerprint density at radius 2 is 1.80 bits per heavy atom. The van der Waals surface area contributed by atoms with E-state index in [2.05, 4.69) is 5.32 Å². The van der Waals surface area contributed by atoms with Crippen LogP contribution < -0.4 is 10.1 Å². The van der Waals surface area contributed by atoms with E-state index in [4.69, 9.17) is 44.3 Å². The molecule has 25 heavy (non-hydrogen) atoms. The molecule has 0 fully saturated rings. The molecule has 0 saturated carbocycles. The van der Waals surface area contributed by atoms with Crippen LogP contribution >= 0.6 is 34.8 Å².